The average Bonchev–Trinajstić information content (AvgIpc) is 3.05. The average molecular weight is 318 g/mol. The monoisotopic (exact) mass is 318 g/mol. The van der Waals surface area contributed by atoms with E-state index >= 15 is 0 Å². The fraction of sp³-hybridized carbons (Fsp3) is 0.562. The van der Waals surface area contributed by atoms with E-state index in [0.717, 1.165) is 48.1 Å². The van der Waals surface area contributed by atoms with Gasteiger partial charge in [-0.3, -0.25) is 9.67 Å². The molecule has 0 saturated carbocycles. The lowest BCUT2D eigenvalue weighted by molar-refractivity contribution is 0.392. The number of nitrogens with one attached hydrogen (secondary N) is 1. The Labute approximate surface area is 137 Å². The number of guanidine groups is 1. The van der Waals surface area contributed by atoms with Crippen LogP contribution in [0.5, 0.6) is 0 Å². The second kappa shape index (κ2) is 7.80. The molecule has 2 heterocycles. The summed E-state index contributed by atoms with van der Waals surface area (Å²) < 4.78 is 7.01. The summed E-state index contributed by atoms with van der Waals surface area (Å²) in [5.74, 6) is 1.77. The van der Waals surface area contributed by atoms with Crippen LogP contribution in [0.2, 0.25) is 0 Å². The van der Waals surface area contributed by atoms with Crippen LogP contribution in [0.1, 0.15) is 29.5 Å². The topological polar surface area (TPSA) is 71.5 Å². The van der Waals surface area contributed by atoms with E-state index in [4.69, 9.17) is 9.52 Å². The van der Waals surface area contributed by atoms with Crippen molar-refractivity contribution in [3.8, 4) is 0 Å². The molecule has 126 valence electrons. The van der Waals surface area contributed by atoms with Gasteiger partial charge in [-0.25, -0.2) is 0 Å². The second-order valence-electron chi connectivity index (χ2n) is 5.67. The van der Waals surface area contributed by atoms with Crippen LogP contribution in [0.3, 0.4) is 0 Å². The molecule has 0 saturated heterocycles. The molecule has 0 atom stereocenters. The summed E-state index contributed by atoms with van der Waals surface area (Å²) in [6.45, 7) is 8.28. The van der Waals surface area contributed by atoms with E-state index < -0.39 is 0 Å². The van der Waals surface area contributed by atoms with E-state index in [1.54, 1.807) is 0 Å². The van der Waals surface area contributed by atoms with Crippen molar-refractivity contribution in [3.05, 3.63) is 35.0 Å². The molecule has 0 bridgehead atoms. The summed E-state index contributed by atoms with van der Waals surface area (Å²) in [5.41, 5.74) is 3.26. The molecule has 1 N–H and O–H groups in total. The fourth-order valence-electron chi connectivity index (χ4n) is 2.50. The van der Waals surface area contributed by atoms with E-state index in [2.05, 4.69) is 27.4 Å². The SMILES string of the molecule is CCNC(=NCCc1c(C)noc1C)N(C)Cc1cnn(C)c1. The van der Waals surface area contributed by atoms with Gasteiger partial charge in [-0.2, -0.15) is 5.10 Å². The zero-order chi connectivity index (χ0) is 16.8. The van der Waals surface area contributed by atoms with Crippen molar-refractivity contribution in [1.82, 2.24) is 25.2 Å². The Morgan fingerprint density at radius 3 is 2.78 bits per heavy atom. The van der Waals surface area contributed by atoms with Gasteiger partial charge < -0.3 is 14.7 Å². The van der Waals surface area contributed by atoms with Crippen molar-refractivity contribution in [1.29, 1.82) is 0 Å². The van der Waals surface area contributed by atoms with Crippen molar-refractivity contribution in [2.24, 2.45) is 12.0 Å². The minimum absolute atomic E-state index is 0.697. The Balaban J connectivity index is 1.98. The standard InChI is InChI=1S/C16H26N6O/c1-6-17-16(21(4)10-14-9-19-22(5)11-14)18-8-7-15-12(2)20-23-13(15)3/h9,11H,6-8,10H2,1-5H3,(H,17,18). The quantitative estimate of drug-likeness (QED) is 0.648. The second-order valence-corrected chi connectivity index (χ2v) is 5.67. The number of hydrogen-bond donors (Lipinski definition) is 1. The van der Waals surface area contributed by atoms with Gasteiger partial charge in [-0.15, -0.1) is 0 Å². The molecule has 0 unspecified atom stereocenters. The zero-order valence-corrected chi connectivity index (χ0v) is 14.6. The van der Waals surface area contributed by atoms with Gasteiger partial charge in [0.1, 0.15) is 5.76 Å². The van der Waals surface area contributed by atoms with Gasteiger partial charge in [0.25, 0.3) is 0 Å². The highest BCUT2D eigenvalue weighted by atomic mass is 16.5. The molecule has 0 aliphatic carbocycles. The van der Waals surface area contributed by atoms with Crippen LogP contribution in [0.25, 0.3) is 0 Å². The van der Waals surface area contributed by atoms with Crippen molar-refractivity contribution in [2.45, 2.75) is 33.7 Å². The Morgan fingerprint density at radius 1 is 1.43 bits per heavy atom. The largest absolute Gasteiger partial charge is 0.361 e. The fourth-order valence-corrected chi connectivity index (χ4v) is 2.50. The van der Waals surface area contributed by atoms with Gasteiger partial charge in [0, 0.05) is 51.1 Å². The molecule has 7 nitrogen and oxygen atoms in total. The van der Waals surface area contributed by atoms with Crippen molar-refractivity contribution < 1.29 is 4.52 Å². The molecule has 0 radical (unpaired) electrons. The Hall–Kier alpha value is -2.31. The predicted molar refractivity (Wildman–Crippen MR) is 90.3 cm³/mol. The molecular formula is C16H26N6O. The van der Waals surface area contributed by atoms with Crippen molar-refractivity contribution in [2.75, 3.05) is 20.1 Å². The molecule has 2 rings (SSSR count). The van der Waals surface area contributed by atoms with Crippen LogP contribution in [-0.4, -0.2) is 45.9 Å². The lowest BCUT2D eigenvalue weighted by Crippen LogP contribution is -2.38. The first-order valence-corrected chi connectivity index (χ1v) is 7.90. The highest BCUT2D eigenvalue weighted by Gasteiger charge is 2.10. The number of aryl methyl sites for hydroxylation is 3. The van der Waals surface area contributed by atoms with Gasteiger partial charge in [0.15, 0.2) is 5.96 Å². The summed E-state index contributed by atoms with van der Waals surface area (Å²) >= 11 is 0. The molecule has 0 aliphatic rings. The molecule has 0 fully saturated rings. The Kier molecular flexibility index (Phi) is 5.78. The normalized spacial score (nSPS) is 11.8. The Bertz CT molecular complexity index is 638. The first kappa shape index (κ1) is 17.1. The lowest BCUT2D eigenvalue weighted by Gasteiger charge is -2.21. The van der Waals surface area contributed by atoms with Crippen LogP contribution in [0, 0.1) is 13.8 Å². The molecule has 7 heteroatoms. The van der Waals surface area contributed by atoms with E-state index in [1.165, 1.54) is 0 Å². The number of aromatic nitrogens is 3. The summed E-state index contributed by atoms with van der Waals surface area (Å²) in [4.78, 5) is 6.81. The van der Waals surface area contributed by atoms with Gasteiger partial charge in [0.05, 0.1) is 11.9 Å². The smallest absolute Gasteiger partial charge is 0.193 e. The molecule has 2 aromatic rings. The highest BCUT2D eigenvalue weighted by Crippen LogP contribution is 2.12. The molecule has 23 heavy (non-hydrogen) atoms. The molecule has 0 aromatic carbocycles. The first-order valence-electron chi connectivity index (χ1n) is 7.90. The summed E-state index contributed by atoms with van der Waals surface area (Å²) in [7, 11) is 3.96. The Morgan fingerprint density at radius 2 is 2.22 bits per heavy atom. The molecule has 0 aliphatic heterocycles. The van der Waals surface area contributed by atoms with Gasteiger partial charge >= 0.3 is 0 Å². The van der Waals surface area contributed by atoms with Crippen molar-refractivity contribution >= 4 is 5.96 Å². The maximum atomic E-state index is 5.20. The minimum atomic E-state index is 0.697. The van der Waals surface area contributed by atoms with Gasteiger partial charge in [-0.1, -0.05) is 5.16 Å². The van der Waals surface area contributed by atoms with E-state index in [-0.39, 0.29) is 0 Å². The summed E-state index contributed by atoms with van der Waals surface area (Å²) in [6.07, 6.45) is 4.73. The molecule has 0 spiro atoms. The van der Waals surface area contributed by atoms with Crippen LogP contribution in [0.4, 0.5) is 0 Å². The number of rotatable bonds is 6. The van der Waals surface area contributed by atoms with E-state index in [0.29, 0.717) is 6.54 Å². The van der Waals surface area contributed by atoms with E-state index in [1.807, 2.05) is 45.0 Å². The van der Waals surface area contributed by atoms with Crippen molar-refractivity contribution in [3.63, 3.8) is 0 Å². The zero-order valence-electron chi connectivity index (χ0n) is 14.6. The molecule has 0 amide bonds. The van der Waals surface area contributed by atoms with Gasteiger partial charge in [-0.05, 0) is 27.2 Å². The highest BCUT2D eigenvalue weighted by molar-refractivity contribution is 5.79. The summed E-state index contributed by atoms with van der Waals surface area (Å²) in [5, 5.41) is 11.5. The van der Waals surface area contributed by atoms with Gasteiger partial charge in [0.2, 0.25) is 0 Å². The third-order valence-corrected chi connectivity index (χ3v) is 3.68. The van der Waals surface area contributed by atoms with E-state index in [9.17, 15) is 0 Å². The first-order chi connectivity index (χ1) is 11.0. The number of hydrogen-bond acceptors (Lipinski definition) is 4. The predicted octanol–water partition coefficient (Wildman–Crippen LogP) is 1.66. The minimum Gasteiger partial charge on any atom is -0.361 e. The molecule has 2 aromatic heterocycles. The molecular weight excluding hydrogens is 292 g/mol. The third kappa shape index (κ3) is 4.58. The number of aliphatic imine (C=N–C) groups is 1. The number of nitrogens with zero attached hydrogens (tertiary/aromatic N) is 5. The van der Waals surface area contributed by atoms with Crippen LogP contribution in [0.15, 0.2) is 21.9 Å². The van der Waals surface area contributed by atoms with Crippen LogP contribution < -0.4 is 5.32 Å². The maximum Gasteiger partial charge on any atom is 0.193 e. The maximum absolute atomic E-state index is 5.20. The van der Waals surface area contributed by atoms with Crippen LogP contribution >= 0.6 is 0 Å². The summed E-state index contributed by atoms with van der Waals surface area (Å²) in [6, 6.07) is 0. The van der Waals surface area contributed by atoms with Crippen LogP contribution in [-0.2, 0) is 20.0 Å². The lowest BCUT2D eigenvalue weighted by atomic mass is 10.1. The third-order valence-electron chi connectivity index (χ3n) is 3.68.